The molecule has 1 fully saturated rings. The summed E-state index contributed by atoms with van der Waals surface area (Å²) < 4.78 is 4.61. The summed E-state index contributed by atoms with van der Waals surface area (Å²) in [7, 11) is 1.30. The van der Waals surface area contributed by atoms with Gasteiger partial charge in [0, 0.05) is 31.2 Å². The van der Waals surface area contributed by atoms with Gasteiger partial charge in [0.25, 0.3) is 0 Å². The van der Waals surface area contributed by atoms with Gasteiger partial charge in [0.05, 0.1) is 13.5 Å². The molecule has 0 unspecified atom stereocenters. The number of rotatable bonds is 4. The van der Waals surface area contributed by atoms with Crippen LogP contribution in [0.1, 0.15) is 16.1 Å². The molecule has 2 aromatic rings. The molecule has 0 bridgehead atoms. The normalized spacial score (nSPS) is 14.2. The zero-order chi connectivity index (χ0) is 18.5. The lowest BCUT2D eigenvalue weighted by atomic mass is 10.1. The highest BCUT2D eigenvalue weighted by Gasteiger charge is 2.22. The van der Waals surface area contributed by atoms with E-state index in [1.807, 2.05) is 28.0 Å². The summed E-state index contributed by atoms with van der Waals surface area (Å²) in [5.74, 6) is 0.249. The Balaban J connectivity index is 1.55. The Morgan fingerprint density at radius 1 is 1.12 bits per heavy atom. The predicted octanol–water partition coefficient (Wildman–Crippen LogP) is 1.81. The number of halogens is 1. The van der Waals surface area contributed by atoms with Gasteiger partial charge in [-0.3, -0.25) is 4.79 Å². The van der Waals surface area contributed by atoms with Crippen molar-refractivity contribution in [1.82, 2.24) is 15.1 Å². The molecule has 8 heteroatoms. The number of anilines is 1. The molecular formula is C18H19ClN4O3. The first-order valence-electron chi connectivity index (χ1n) is 8.26. The van der Waals surface area contributed by atoms with Crippen molar-refractivity contribution in [2.45, 2.75) is 6.42 Å². The number of aromatic nitrogens is 2. The minimum absolute atomic E-state index is 0.0824. The summed E-state index contributed by atoms with van der Waals surface area (Å²) in [4.78, 5) is 27.7. The highest BCUT2D eigenvalue weighted by Crippen LogP contribution is 2.15. The molecule has 1 saturated heterocycles. The maximum absolute atomic E-state index is 12.5. The lowest BCUT2D eigenvalue weighted by Crippen LogP contribution is -2.49. The average Bonchev–Trinajstić information content (AvgIpc) is 2.67. The number of ether oxygens (including phenoxy) is 1. The van der Waals surface area contributed by atoms with Crippen LogP contribution in [-0.2, 0) is 16.0 Å². The lowest BCUT2D eigenvalue weighted by Gasteiger charge is -2.35. The van der Waals surface area contributed by atoms with Crippen molar-refractivity contribution in [3.63, 3.8) is 0 Å². The van der Waals surface area contributed by atoms with Crippen LogP contribution in [0.2, 0.25) is 5.02 Å². The smallest absolute Gasteiger partial charge is 0.358 e. The van der Waals surface area contributed by atoms with Gasteiger partial charge in [0.15, 0.2) is 11.5 Å². The number of nitrogens with zero attached hydrogens (tertiary/aromatic N) is 4. The highest BCUT2D eigenvalue weighted by atomic mass is 35.5. The summed E-state index contributed by atoms with van der Waals surface area (Å²) in [6, 6.07) is 10.7. The van der Waals surface area contributed by atoms with Crippen molar-refractivity contribution in [3.05, 3.63) is 52.7 Å². The molecule has 0 aliphatic carbocycles. The molecule has 1 aromatic heterocycles. The third kappa shape index (κ3) is 4.29. The first-order chi connectivity index (χ1) is 12.6. The van der Waals surface area contributed by atoms with E-state index in [0.29, 0.717) is 43.4 Å². The van der Waals surface area contributed by atoms with E-state index in [2.05, 4.69) is 14.9 Å². The second-order valence-electron chi connectivity index (χ2n) is 5.94. The zero-order valence-corrected chi connectivity index (χ0v) is 15.1. The Hall–Kier alpha value is -2.67. The zero-order valence-electron chi connectivity index (χ0n) is 14.4. The van der Waals surface area contributed by atoms with Gasteiger partial charge in [-0.1, -0.05) is 23.7 Å². The maximum atomic E-state index is 12.5. The molecule has 1 aromatic carbocycles. The summed E-state index contributed by atoms with van der Waals surface area (Å²) >= 11 is 5.97. The van der Waals surface area contributed by atoms with E-state index < -0.39 is 5.97 Å². The Labute approximate surface area is 156 Å². The molecular weight excluding hydrogens is 356 g/mol. The lowest BCUT2D eigenvalue weighted by molar-refractivity contribution is -0.130. The van der Waals surface area contributed by atoms with Crippen molar-refractivity contribution in [2.24, 2.45) is 0 Å². The molecule has 7 nitrogen and oxygen atoms in total. The largest absolute Gasteiger partial charge is 0.464 e. The van der Waals surface area contributed by atoms with E-state index in [1.165, 1.54) is 7.11 Å². The molecule has 2 heterocycles. The third-order valence-electron chi connectivity index (χ3n) is 4.25. The molecule has 1 aliphatic heterocycles. The summed E-state index contributed by atoms with van der Waals surface area (Å²) in [5, 5.41) is 8.59. The number of carbonyl (C=O) groups is 2. The Morgan fingerprint density at radius 2 is 1.88 bits per heavy atom. The summed E-state index contributed by atoms with van der Waals surface area (Å²) in [6.45, 7) is 2.54. The van der Waals surface area contributed by atoms with Gasteiger partial charge >= 0.3 is 5.97 Å². The van der Waals surface area contributed by atoms with Gasteiger partial charge in [-0.05, 0) is 29.8 Å². The Morgan fingerprint density at radius 3 is 2.50 bits per heavy atom. The number of hydrogen-bond acceptors (Lipinski definition) is 6. The van der Waals surface area contributed by atoms with E-state index in [-0.39, 0.29) is 11.6 Å². The fourth-order valence-corrected chi connectivity index (χ4v) is 3.04. The number of benzene rings is 1. The standard InChI is InChI=1S/C18H19ClN4O3/c1-26-18(25)15-5-6-16(21-20-15)22-7-9-23(10-8-22)17(24)12-13-3-2-4-14(19)11-13/h2-6,11H,7-10,12H2,1H3. The maximum Gasteiger partial charge on any atom is 0.358 e. The fraction of sp³-hybridized carbons (Fsp3) is 0.333. The molecule has 1 amide bonds. The van der Waals surface area contributed by atoms with Crippen molar-refractivity contribution in [2.75, 3.05) is 38.2 Å². The van der Waals surface area contributed by atoms with Gasteiger partial charge in [-0.25, -0.2) is 4.79 Å². The molecule has 136 valence electrons. The van der Waals surface area contributed by atoms with Gasteiger partial charge in [0.1, 0.15) is 0 Å². The summed E-state index contributed by atoms with van der Waals surface area (Å²) in [6.07, 6.45) is 0.341. The number of amides is 1. The monoisotopic (exact) mass is 374 g/mol. The minimum Gasteiger partial charge on any atom is -0.464 e. The van der Waals surface area contributed by atoms with E-state index >= 15 is 0 Å². The van der Waals surface area contributed by atoms with Crippen LogP contribution in [0.25, 0.3) is 0 Å². The SMILES string of the molecule is COC(=O)c1ccc(N2CCN(C(=O)Cc3cccc(Cl)c3)CC2)nn1. The molecule has 0 radical (unpaired) electrons. The predicted molar refractivity (Wildman–Crippen MR) is 97.3 cm³/mol. The first kappa shape index (κ1) is 18.1. The molecule has 26 heavy (non-hydrogen) atoms. The first-order valence-corrected chi connectivity index (χ1v) is 8.64. The van der Waals surface area contributed by atoms with Crippen molar-refractivity contribution >= 4 is 29.3 Å². The van der Waals surface area contributed by atoms with Crippen LogP contribution >= 0.6 is 11.6 Å². The van der Waals surface area contributed by atoms with Crippen LogP contribution in [0.4, 0.5) is 5.82 Å². The molecule has 1 aliphatic rings. The number of piperazine rings is 1. The van der Waals surface area contributed by atoms with Crippen molar-refractivity contribution < 1.29 is 14.3 Å². The van der Waals surface area contributed by atoms with Crippen LogP contribution in [0.5, 0.6) is 0 Å². The van der Waals surface area contributed by atoms with Crippen LogP contribution in [0, 0.1) is 0 Å². The highest BCUT2D eigenvalue weighted by molar-refractivity contribution is 6.30. The van der Waals surface area contributed by atoms with Gasteiger partial charge in [0.2, 0.25) is 5.91 Å². The molecule has 0 atom stereocenters. The van der Waals surface area contributed by atoms with Crippen molar-refractivity contribution in [1.29, 1.82) is 0 Å². The van der Waals surface area contributed by atoms with E-state index in [0.717, 1.165) is 5.56 Å². The number of esters is 1. The summed E-state index contributed by atoms with van der Waals surface area (Å²) in [5.41, 5.74) is 1.08. The second kappa shape index (κ2) is 8.14. The van der Waals surface area contributed by atoms with E-state index in [4.69, 9.17) is 11.6 Å². The Kier molecular flexibility index (Phi) is 5.68. The number of carbonyl (C=O) groups excluding carboxylic acids is 2. The quantitative estimate of drug-likeness (QED) is 0.760. The second-order valence-corrected chi connectivity index (χ2v) is 6.38. The van der Waals surface area contributed by atoms with Crippen molar-refractivity contribution in [3.8, 4) is 0 Å². The van der Waals surface area contributed by atoms with Gasteiger partial charge < -0.3 is 14.5 Å². The number of methoxy groups -OCH3 is 1. The van der Waals surface area contributed by atoms with Gasteiger partial charge in [-0.15, -0.1) is 10.2 Å². The van der Waals surface area contributed by atoms with Crippen LogP contribution < -0.4 is 4.90 Å². The van der Waals surface area contributed by atoms with Crippen LogP contribution in [-0.4, -0.2) is 60.3 Å². The van der Waals surface area contributed by atoms with E-state index in [1.54, 1.807) is 18.2 Å². The molecule has 0 saturated carbocycles. The van der Waals surface area contributed by atoms with Crippen LogP contribution in [0.3, 0.4) is 0 Å². The molecule has 0 spiro atoms. The van der Waals surface area contributed by atoms with Crippen LogP contribution in [0.15, 0.2) is 36.4 Å². The van der Waals surface area contributed by atoms with E-state index in [9.17, 15) is 9.59 Å². The molecule has 0 N–H and O–H groups in total. The van der Waals surface area contributed by atoms with Gasteiger partial charge in [-0.2, -0.15) is 0 Å². The Bertz CT molecular complexity index is 789. The topological polar surface area (TPSA) is 75.6 Å². The third-order valence-corrected chi connectivity index (χ3v) is 4.48. The molecule has 3 rings (SSSR count). The average molecular weight is 375 g/mol. The fourth-order valence-electron chi connectivity index (χ4n) is 2.83. The number of hydrogen-bond donors (Lipinski definition) is 0. The minimum atomic E-state index is -0.513.